The molecule has 1 aromatic carbocycles. The summed E-state index contributed by atoms with van der Waals surface area (Å²) in [6.07, 6.45) is -0.546. The summed E-state index contributed by atoms with van der Waals surface area (Å²) < 4.78 is 0. The smallest absolute Gasteiger partial charge is 0.326 e. The topological polar surface area (TPSA) is 121 Å². The van der Waals surface area contributed by atoms with E-state index in [1.165, 1.54) is 0 Å². The number of carbonyl (C=O) groups excluding carboxylic acids is 1. The van der Waals surface area contributed by atoms with Crippen molar-refractivity contribution in [1.29, 1.82) is 0 Å². The molecule has 0 aliphatic rings. The fraction of sp³-hybridized carbons (Fsp3) is 0.308. The van der Waals surface area contributed by atoms with Crippen LogP contribution < -0.4 is 5.73 Å². The highest BCUT2D eigenvalue weighted by atomic mass is 16.4. The van der Waals surface area contributed by atoms with Crippen LogP contribution in [0.2, 0.25) is 0 Å². The fourth-order valence-electron chi connectivity index (χ4n) is 1.77. The van der Waals surface area contributed by atoms with Crippen molar-refractivity contribution in [3.63, 3.8) is 0 Å². The number of nitrogens with two attached hydrogens (primary N) is 1. The molecule has 0 radical (unpaired) electrons. The lowest BCUT2D eigenvalue weighted by atomic mass is 10.1. The van der Waals surface area contributed by atoms with Gasteiger partial charge < -0.3 is 20.8 Å². The first-order valence-electron chi connectivity index (χ1n) is 5.98. The van der Waals surface area contributed by atoms with Gasteiger partial charge in [-0.05, 0) is 18.6 Å². The molecule has 0 heterocycles. The van der Waals surface area contributed by atoms with Gasteiger partial charge in [-0.25, -0.2) is 4.79 Å². The van der Waals surface area contributed by atoms with E-state index >= 15 is 0 Å². The summed E-state index contributed by atoms with van der Waals surface area (Å²) in [4.78, 5) is 34.9. The van der Waals surface area contributed by atoms with Gasteiger partial charge in [0, 0.05) is 12.0 Å². The molecule has 0 aliphatic heterocycles. The van der Waals surface area contributed by atoms with Gasteiger partial charge >= 0.3 is 11.9 Å². The summed E-state index contributed by atoms with van der Waals surface area (Å²) in [5, 5.41) is 17.8. The van der Waals surface area contributed by atoms with Crippen LogP contribution in [0.3, 0.4) is 0 Å². The molecular weight excluding hydrogens is 264 g/mol. The van der Waals surface area contributed by atoms with E-state index in [4.69, 9.17) is 15.9 Å². The highest BCUT2D eigenvalue weighted by Crippen LogP contribution is 2.12. The molecule has 7 nitrogen and oxygen atoms in total. The Morgan fingerprint density at radius 1 is 1.15 bits per heavy atom. The molecule has 1 unspecified atom stereocenters. The van der Waals surface area contributed by atoms with E-state index in [0.717, 1.165) is 4.90 Å². The molecule has 1 aromatic rings. The Hall–Kier alpha value is -2.41. The van der Waals surface area contributed by atoms with Crippen LogP contribution in [0.1, 0.15) is 23.2 Å². The average Bonchev–Trinajstić information content (AvgIpc) is 2.43. The third-order valence-corrected chi connectivity index (χ3v) is 2.77. The maximum absolute atomic E-state index is 12.2. The Morgan fingerprint density at radius 2 is 1.75 bits per heavy atom. The molecule has 1 atom stereocenters. The average molecular weight is 280 g/mol. The lowest BCUT2D eigenvalue weighted by molar-refractivity contribution is -0.143. The lowest BCUT2D eigenvalue weighted by Gasteiger charge is -2.27. The van der Waals surface area contributed by atoms with E-state index in [1.54, 1.807) is 30.3 Å². The molecule has 4 N–H and O–H groups in total. The van der Waals surface area contributed by atoms with Crippen molar-refractivity contribution >= 4 is 17.8 Å². The van der Waals surface area contributed by atoms with Crippen LogP contribution in [-0.2, 0) is 9.59 Å². The predicted molar refractivity (Wildman–Crippen MR) is 70.0 cm³/mol. The molecular formula is C13H16N2O5. The zero-order valence-corrected chi connectivity index (χ0v) is 10.7. The molecule has 1 rings (SSSR count). The van der Waals surface area contributed by atoms with Crippen molar-refractivity contribution in [3.8, 4) is 0 Å². The van der Waals surface area contributed by atoms with Crippen LogP contribution >= 0.6 is 0 Å². The molecule has 108 valence electrons. The van der Waals surface area contributed by atoms with Gasteiger partial charge in [-0.15, -0.1) is 0 Å². The highest BCUT2D eigenvalue weighted by Gasteiger charge is 2.29. The van der Waals surface area contributed by atoms with Crippen LogP contribution in [0.4, 0.5) is 0 Å². The molecule has 0 spiro atoms. The zero-order chi connectivity index (χ0) is 15.1. The molecule has 7 heteroatoms. The van der Waals surface area contributed by atoms with E-state index in [0.29, 0.717) is 5.56 Å². The van der Waals surface area contributed by atoms with Crippen LogP contribution in [-0.4, -0.2) is 45.7 Å². The van der Waals surface area contributed by atoms with Gasteiger partial charge in [0.1, 0.15) is 6.04 Å². The molecule has 1 amide bonds. The minimum Gasteiger partial charge on any atom is -0.481 e. The molecule has 0 aliphatic carbocycles. The lowest BCUT2D eigenvalue weighted by Crippen LogP contribution is -2.48. The van der Waals surface area contributed by atoms with Crippen molar-refractivity contribution in [2.75, 3.05) is 6.67 Å². The van der Waals surface area contributed by atoms with Gasteiger partial charge in [0.05, 0.1) is 6.67 Å². The number of carbonyl (C=O) groups is 3. The third kappa shape index (κ3) is 4.06. The summed E-state index contributed by atoms with van der Waals surface area (Å²) in [7, 11) is 0. The number of nitrogens with zero attached hydrogens (tertiary/aromatic N) is 1. The second-order valence-electron chi connectivity index (χ2n) is 4.11. The Balaban J connectivity index is 2.92. The van der Waals surface area contributed by atoms with Crippen molar-refractivity contribution in [3.05, 3.63) is 35.9 Å². The predicted octanol–water partition coefficient (Wildman–Crippen LogP) is 0.363. The summed E-state index contributed by atoms with van der Waals surface area (Å²) in [6, 6.07) is 6.85. The fourth-order valence-corrected chi connectivity index (χ4v) is 1.77. The van der Waals surface area contributed by atoms with Gasteiger partial charge in [-0.3, -0.25) is 9.59 Å². The Bertz CT molecular complexity index is 489. The Labute approximate surface area is 115 Å². The number of carboxylic acid groups (broad SMARTS) is 2. The van der Waals surface area contributed by atoms with Crippen LogP contribution in [0.15, 0.2) is 30.3 Å². The molecule has 20 heavy (non-hydrogen) atoms. The Morgan fingerprint density at radius 3 is 2.20 bits per heavy atom. The quantitative estimate of drug-likeness (QED) is 0.620. The van der Waals surface area contributed by atoms with Gasteiger partial charge in [0.15, 0.2) is 0 Å². The van der Waals surface area contributed by atoms with E-state index in [2.05, 4.69) is 0 Å². The second kappa shape index (κ2) is 7.25. The molecule has 0 bridgehead atoms. The number of hydrogen-bond donors (Lipinski definition) is 3. The second-order valence-corrected chi connectivity index (χ2v) is 4.11. The number of benzene rings is 1. The largest absolute Gasteiger partial charge is 0.481 e. The summed E-state index contributed by atoms with van der Waals surface area (Å²) >= 11 is 0. The van der Waals surface area contributed by atoms with Crippen molar-refractivity contribution in [2.24, 2.45) is 5.73 Å². The van der Waals surface area contributed by atoms with E-state index in [-0.39, 0.29) is 19.5 Å². The minimum absolute atomic E-state index is 0.194. The standard InChI is InChI=1S/C13H16N2O5/c14-8-15(10(13(19)20)6-7-11(16)17)12(18)9-4-2-1-3-5-9/h1-5,10H,6-8,14H2,(H,16,17)(H,19,20). The number of carboxylic acids is 2. The van der Waals surface area contributed by atoms with Crippen molar-refractivity contribution in [1.82, 2.24) is 4.90 Å². The minimum atomic E-state index is -1.28. The van der Waals surface area contributed by atoms with Gasteiger partial charge in [-0.1, -0.05) is 18.2 Å². The van der Waals surface area contributed by atoms with Gasteiger partial charge in [0.2, 0.25) is 0 Å². The maximum atomic E-state index is 12.2. The number of hydrogen-bond acceptors (Lipinski definition) is 4. The molecule has 0 aromatic heterocycles. The normalized spacial score (nSPS) is 11.7. The van der Waals surface area contributed by atoms with Crippen LogP contribution in [0.5, 0.6) is 0 Å². The monoisotopic (exact) mass is 280 g/mol. The third-order valence-electron chi connectivity index (χ3n) is 2.77. The summed E-state index contributed by atoms with van der Waals surface area (Å²) in [5.74, 6) is -2.94. The van der Waals surface area contributed by atoms with Crippen molar-refractivity contribution in [2.45, 2.75) is 18.9 Å². The van der Waals surface area contributed by atoms with Crippen LogP contribution in [0.25, 0.3) is 0 Å². The first kappa shape index (κ1) is 15.6. The summed E-state index contributed by atoms with van der Waals surface area (Å²) in [6.45, 7) is -0.301. The maximum Gasteiger partial charge on any atom is 0.326 e. The SMILES string of the molecule is NCN(C(=O)c1ccccc1)C(CCC(=O)O)C(=O)O. The van der Waals surface area contributed by atoms with Crippen LogP contribution in [0, 0.1) is 0 Å². The van der Waals surface area contributed by atoms with E-state index in [1.807, 2.05) is 0 Å². The molecule has 0 fully saturated rings. The van der Waals surface area contributed by atoms with Crippen molar-refractivity contribution < 1.29 is 24.6 Å². The number of rotatable bonds is 7. The van der Waals surface area contributed by atoms with Gasteiger partial charge in [-0.2, -0.15) is 0 Å². The zero-order valence-electron chi connectivity index (χ0n) is 10.7. The first-order chi connectivity index (χ1) is 9.47. The molecule has 0 saturated carbocycles. The summed E-state index contributed by atoms with van der Waals surface area (Å²) in [5.41, 5.74) is 5.76. The number of aliphatic carboxylic acids is 2. The highest BCUT2D eigenvalue weighted by molar-refractivity contribution is 5.96. The first-order valence-corrected chi connectivity index (χ1v) is 5.98. The van der Waals surface area contributed by atoms with Gasteiger partial charge in [0.25, 0.3) is 5.91 Å². The molecule has 0 saturated heterocycles. The van der Waals surface area contributed by atoms with E-state index < -0.39 is 23.9 Å². The van der Waals surface area contributed by atoms with E-state index in [9.17, 15) is 14.4 Å². The Kier molecular flexibility index (Phi) is 5.67. The number of amides is 1.